The summed E-state index contributed by atoms with van der Waals surface area (Å²) in [5.41, 5.74) is -0.195. The number of non-ortho nitro benzene ring substituents is 1. The van der Waals surface area contributed by atoms with Crippen LogP contribution in [-0.4, -0.2) is 10.7 Å². The molecule has 0 atom stereocenters. The summed E-state index contributed by atoms with van der Waals surface area (Å²) in [6.07, 6.45) is -1.89. The number of ketones is 1. The summed E-state index contributed by atoms with van der Waals surface area (Å²) >= 11 is 0. The summed E-state index contributed by atoms with van der Waals surface area (Å²) in [4.78, 5) is 22.8. The summed E-state index contributed by atoms with van der Waals surface area (Å²) in [5, 5.41) is 10.9. The van der Waals surface area contributed by atoms with Crippen LogP contribution in [0.5, 0.6) is 0 Å². The number of hydrogen-bond acceptors (Lipinski definition) is 5. The molecule has 0 spiro atoms. The highest BCUT2D eigenvalue weighted by molar-refractivity contribution is 6.05. The molecule has 0 saturated carbocycles. The zero-order valence-corrected chi connectivity index (χ0v) is 16.7. The number of carbonyl (C=O) groups excluding carboxylic acids is 1. The number of allylic oxidation sites excluding steroid dienone is 1. The van der Waals surface area contributed by atoms with Crippen LogP contribution in [0.2, 0.25) is 0 Å². The lowest BCUT2D eigenvalue weighted by Crippen LogP contribution is -2.04. The van der Waals surface area contributed by atoms with Gasteiger partial charge in [-0.15, -0.1) is 0 Å². The number of alkyl halides is 3. The molecule has 2 heterocycles. The zero-order valence-electron chi connectivity index (χ0n) is 16.7. The maximum atomic E-state index is 12.9. The Bertz CT molecular complexity index is 1360. The van der Waals surface area contributed by atoms with Crippen molar-refractivity contribution in [3.8, 4) is 22.6 Å². The zero-order chi connectivity index (χ0) is 23.6. The molecule has 0 radical (unpaired) electrons. The second-order valence-electron chi connectivity index (χ2n) is 6.95. The number of rotatable bonds is 6. The number of carbonyl (C=O) groups is 1. The van der Waals surface area contributed by atoms with Gasteiger partial charge in [-0.2, -0.15) is 13.2 Å². The third kappa shape index (κ3) is 4.93. The van der Waals surface area contributed by atoms with Crippen LogP contribution >= 0.6 is 0 Å². The van der Waals surface area contributed by atoms with Gasteiger partial charge in [0.2, 0.25) is 5.78 Å². The van der Waals surface area contributed by atoms with E-state index in [2.05, 4.69) is 0 Å². The van der Waals surface area contributed by atoms with Crippen molar-refractivity contribution in [2.24, 2.45) is 0 Å². The standard InChI is InChI=1S/C24H14F3NO5/c25-24(26,27)17-5-1-3-15(13-17)22-11-12-23(33-22)20(29)9-7-19-8-10-21(32-19)16-4-2-6-18(14-16)28(30)31/h1-14H/b9-7+. The molecule has 0 fully saturated rings. The minimum absolute atomic E-state index is 0.0517. The molecule has 9 heteroatoms. The Balaban J connectivity index is 1.49. The van der Waals surface area contributed by atoms with Crippen molar-refractivity contribution in [1.82, 2.24) is 0 Å². The first-order chi connectivity index (χ1) is 15.7. The molecule has 0 bridgehead atoms. The predicted molar refractivity (Wildman–Crippen MR) is 113 cm³/mol. The molecule has 4 aromatic rings. The first kappa shape index (κ1) is 21.8. The van der Waals surface area contributed by atoms with E-state index in [4.69, 9.17) is 8.83 Å². The molecule has 0 saturated heterocycles. The van der Waals surface area contributed by atoms with Gasteiger partial charge in [-0.25, -0.2) is 0 Å². The Morgan fingerprint density at radius 1 is 0.879 bits per heavy atom. The summed E-state index contributed by atoms with van der Waals surface area (Å²) in [7, 11) is 0. The number of hydrogen-bond donors (Lipinski definition) is 0. The molecule has 166 valence electrons. The second-order valence-corrected chi connectivity index (χ2v) is 6.95. The Kier molecular flexibility index (Phi) is 5.70. The lowest BCUT2D eigenvalue weighted by Gasteiger charge is -2.07. The maximum absolute atomic E-state index is 12.9. The minimum atomic E-state index is -4.49. The van der Waals surface area contributed by atoms with Gasteiger partial charge in [-0.1, -0.05) is 24.3 Å². The van der Waals surface area contributed by atoms with Gasteiger partial charge in [0.15, 0.2) is 5.76 Å². The Labute approximate surface area is 184 Å². The Morgan fingerprint density at radius 2 is 1.55 bits per heavy atom. The van der Waals surface area contributed by atoms with Crippen LogP contribution in [-0.2, 0) is 6.18 Å². The van der Waals surface area contributed by atoms with Crippen molar-refractivity contribution < 1.29 is 31.7 Å². The molecule has 0 N–H and O–H groups in total. The van der Waals surface area contributed by atoms with Crippen LogP contribution in [0, 0.1) is 10.1 Å². The smallest absolute Gasteiger partial charge is 0.416 e. The second kappa shape index (κ2) is 8.62. The van der Waals surface area contributed by atoms with E-state index in [1.807, 2.05) is 0 Å². The molecular weight excluding hydrogens is 439 g/mol. The van der Waals surface area contributed by atoms with Gasteiger partial charge in [-0.3, -0.25) is 14.9 Å². The first-order valence-electron chi connectivity index (χ1n) is 9.55. The number of benzene rings is 2. The fourth-order valence-corrected chi connectivity index (χ4v) is 3.08. The van der Waals surface area contributed by atoms with Crippen molar-refractivity contribution in [2.45, 2.75) is 6.18 Å². The summed E-state index contributed by atoms with van der Waals surface area (Å²) < 4.78 is 49.8. The largest absolute Gasteiger partial charge is 0.457 e. The number of nitro groups is 1. The highest BCUT2D eigenvalue weighted by atomic mass is 19.4. The van der Waals surface area contributed by atoms with Gasteiger partial charge in [0.1, 0.15) is 17.3 Å². The molecule has 0 aliphatic carbocycles. The van der Waals surface area contributed by atoms with E-state index >= 15 is 0 Å². The van der Waals surface area contributed by atoms with E-state index in [0.29, 0.717) is 17.1 Å². The normalized spacial score (nSPS) is 11.7. The van der Waals surface area contributed by atoms with Gasteiger partial charge < -0.3 is 8.83 Å². The maximum Gasteiger partial charge on any atom is 0.416 e. The van der Waals surface area contributed by atoms with E-state index in [-0.39, 0.29) is 22.8 Å². The van der Waals surface area contributed by atoms with E-state index < -0.39 is 22.4 Å². The fraction of sp³-hybridized carbons (Fsp3) is 0.0417. The lowest BCUT2D eigenvalue weighted by molar-refractivity contribution is -0.384. The highest BCUT2D eigenvalue weighted by Crippen LogP contribution is 2.33. The molecule has 6 nitrogen and oxygen atoms in total. The summed E-state index contributed by atoms with van der Waals surface area (Å²) in [6.45, 7) is 0. The lowest BCUT2D eigenvalue weighted by atomic mass is 10.1. The average molecular weight is 453 g/mol. The molecule has 2 aromatic heterocycles. The van der Waals surface area contributed by atoms with Gasteiger partial charge in [0, 0.05) is 23.3 Å². The number of furan rings is 2. The summed E-state index contributed by atoms with van der Waals surface area (Å²) in [5.74, 6) is 0.277. The number of nitro benzene ring substituents is 1. The van der Waals surface area contributed by atoms with Crippen molar-refractivity contribution in [3.63, 3.8) is 0 Å². The van der Waals surface area contributed by atoms with Gasteiger partial charge in [0.25, 0.3) is 5.69 Å². The molecule has 4 rings (SSSR count). The minimum Gasteiger partial charge on any atom is -0.457 e. The van der Waals surface area contributed by atoms with Crippen LogP contribution in [0.15, 0.2) is 87.7 Å². The van der Waals surface area contributed by atoms with E-state index in [1.165, 1.54) is 54.6 Å². The van der Waals surface area contributed by atoms with E-state index in [0.717, 1.165) is 12.1 Å². The molecular formula is C24H14F3NO5. The number of halogens is 3. The monoisotopic (exact) mass is 453 g/mol. The van der Waals surface area contributed by atoms with E-state index in [1.54, 1.807) is 18.2 Å². The van der Waals surface area contributed by atoms with E-state index in [9.17, 15) is 28.1 Å². The molecule has 0 unspecified atom stereocenters. The third-order valence-corrected chi connectivity index (χ3v) is 4.69. The molecule has 0 aliphatic rings. The van der Waals surface area contributed by atoms with Crippen LogP contribution in [0.3, 0.4) is 0 Å². The van der Waals surface area contributed by atoms with Gasteiger partial charge >= 0.3 is 6.18 Å². The van der Waals surface area contributed by atoms with Crippen molar-refractivity contribution in [1.29, 1.82) is 0 Å². The quantitative estimate of drug-likeness (QED) is 0.135. The molecule has 2 aromatic carbocycles. The fourth-order valence-electron chi connectivity index (χ4n) is 3.08. The molecule has 0 amide bonds. The van der Waals surface area contributed by atoms with Crippen molar-refractivity contribution >= 4 is 17.5 Å². The summed E-state index contributed by atoms with van der Waals surface area (Å²) in [6, 6.07) is 16.5. The Morgan fingerprint density at radius 3 is 2.27 bits per heavy atom. The van der Waals surface area contributed by atoms with Gasteiger partial charge in [-0.05, 0) is 48.6 Å². The third-order valence-electron chi connectivity index (χ3n) is 4.69. The van der Waals surface area contributed by atoms with Crippen molar-refractivity contribution in [3.05, 3.63) is 106 Å². The van der Waals surface area contributed by atoms with Crippen LogP contribution in [0.4, 0.5) is 18.9 Å². The SMILES string of the molecule is O=C(/C=C/c1ccc(-c2cccc([N+](=O)[O-])c2)o1)c1ccc(-c2cccc(C(F)(F)F)c2)o1. The average Bonchev–Trinajstić information content (AvgIpc) is 3.47. The number of nitrogens with zero attached hydrogens (tertiary/aromatic N) is 1. The van der Waals surface area contributed by atoms with Crippen LogP contribution in [0.1, 0.15) is 21.9 Å². The van der Waals surface area contributed by atoms with Gasteiger partial charge in [0.05, 0.1) is 10.5 Å². The molecule has 33 heavy (non-hydrogen) atoms. The van der Waals surface area contributed by atoms with Crippen LogP contribution < -0.4 is 0 Å². The Hall–Kier alpha value is -4.40. The topological polar surface area (TPSA) is 86.5 Å². The highest BCUT2D eigenvalue weighted by Gasteiger charge is 2.30. The predicted octanol–water partition coefficient (Wildman–Crippen LogP) is 7.03. The molecule has 0 aliphatic heterocycles. The van der Waals surface area contributed by atoms with Crippen LogP contribution in [0.25, 0.3) is 28.7 Å². The van der Waals surface area contributed by atoms with Crippen molar-refractivity contribution in [2.75, 3.05) is 0 Å². The first-order valence-corrected chi connectivity index (χ1v) is 9.55.